The molecule has 0 aromatic heterocycles. The van der Waals surface area contributed by atoms with Crippen molar-refractivity contribution < 1.29 is 24.7 Å². The summed E-state index contributed by atoms with van der Waals surface area (Å²) >= 11 is 0. The van der Waals surface area contributed by atoms with Crippen molar-refractivity contribution in [3.05, 3.63) is 29.8 Å². The molecule has 2 N–H and O–H groups in total. The van der Waals surface area contributed by atoms with E-state index in [1.807, 2.05) is 12.1 Å². The molecule has 4 rings (SSSR count). The number of phenols is 1. The molecule has 1 heterocycles. The van der Waals surface area contributed by atoms with E-state index in [9.17, 15) is 5.11 Å². The summed E-state index contributed by atoms with van der Waals surface area (Å²) in [5.74, 6) is 0.113. The van der Waals surface area contributed by atoms with Crippen molar-refractivity contribution in [3.8, 4) is 5.75 Å². The van der Waals surface area contributed by atoms with Gasteiger partial charge < -0.3 is 14.9 Å². The first-order valence-electron chi connectivity index (χ1n) is 9.64. The van der Waals surface area contributed by atoms with Crippen molar-refractivity contribution in [3.63, 3.8) is 0 Å². The van der Waals surface area contributed by atoms with Gasteiger partial charge in [-0.15, -0.1) is 0 Å². The Morgan fingerprint density at radius 3 is 2.32 bits per heavy atom. The van der Waals surface area contributed by atoms with Crippen LogP contribution in [0.3, 0.4) is 0 Å². The molecule has 0 radical (unpaired) electrons. The van der Waals surface area contributed by atoms with Crippen LogP contribution in [0, 0.1) is 11.8 Å². The number of rotatable bonds is 6. The SMILES string of the molecule is OCCCCOC1(c2cccc(O)c2)OOC12C1CCCC2CCC1. The van der Waals surface area contributed by atoms with Gasteiger partial charge >= 0.3 is 0 Å². The zero-order chi connectivity index (χ0) is 17.3. The lowest BCUT2D eigenvalue weighted by molar-refractivity contribution is -0.645. The van der Waals surface area contributed by atoms with Crippen molar-refractivity contribution >= 4 is 0 Å². The maximum Gasteiger partial charge on any atom is 0.261 e. The summed E-state index contributed by atoms with van der Waals surface area (Å²) in [6.45, 7) is 0.664. The largest absolute Gasteiger partial charge is 0.508 e. The molecule has 1 saturated heterocycles. The predicted octanol–water partition coefficient (Wildman–Crippen LogP) is 3.63. The van der Waals surface area contributed by atoms with Gasteiger partial charge in [-0.1, -0.05) is 25.0 Å². The summed E-state index contributed by atoms with van der Waals surface area (Å²) in [5, 5.41) is 19.1. The van der Waals surface area contributed by atoms with Crippen molar-refractivity contribution in [1.29, 1.82) is 0 Å². The van der Waals surface area contributed by atoms with Crippen LogP contribution in [-0.2, 0) is 20.3 Å². The van der Waals surface area contributed by atoms with E-state index >= 15 is 0 Å². The van der Waals surface area contributed by atoms with Crippen LogP contribution in [0.2, 0.25) is 0 Å². The molecule has 5 heteroatoms. The summed E-state index contributed by atoms with van der Waals surface area (Å²) in [7, 11) is 0. The number of hydrogen-bond acceptors (Lipinski definition) is 5. The van der Waals surface area contributed by atoms with Crippen LogP contribution in [0.15, 0.2) is 24.3 Å². The number of aromatic hydroxyl groups is 1. The summed E-state index contributed by atoms with van der Waals surface area (Å²) < 4.78 is 6.37. The van der Waals surface area contributed by atoms with E-state index < -0.39 is 11.4 Å². The van der Waals surface area contributed by atoms with Crippen molar-refractivity contribution in [2.45, 2.75) is 62.8 Å². The molecule has 3 fully saturated rings. The fourth-order valence-corrected chi connectivity index (χ4v) is 5.22. The first-order valence-corrected chi connectivity index (χ1v) is 9.64. The van der Waals surface area contributed by atoms with Crippen LogP contribution in [-0.4, -0.2) is 29.0 Å². The van der Waals surface area contributed by atoms with Gasteiger partial charge in [0.05, 0.1) is 6.61 Å². The molecular weight excluding hydrogens is 320 g/mol. The molecule has 1 atom stereocenters. The number of benzene rings is 1. The zero-order valence-corrected chi connectivity index (χ0v) is 14.7. The summed E-state index contributed by atoms with van der Waals surface area (Å²) in [4.78, 5) is 11.7. The molecular formula is C20H28O5. The summed E-state index contributed by atoms with van der Waals surface area (Å²) in [6.07, 6.45) is 8.51. The van der Waals surface area contributed by atoms with Crippen LogP contribution in [0.1, 0.15) is 56.9 Å². The number of phenolic OH excluding ortho intramolecular Hbond substituents is 1. The molecule has 138 valence electrons. The zero-order valence-electron chi connectivity index (χ0n) is 14.7. The van der Waals surface area contributed by atoms with Gasteiger partial charge in [-0.25, -0.2) is 4.89 Å². The Morgan fingerprint density at radius 2 is 1.76 bits per heavy atom. The Hall–Kier alpha value is -1.14. The van der Waals surface area contributed by atoms with Crippen molar-refractivity contribution in [2.24, 2.45) is 11.8 Å². The molecule has 3 aliphatic rings. The molecule has 2 saturated carbocycles. The summed E-state index contributed by atoms with van der Waals surface area (Å²) in [6, 6.07) is 7.19. The van der Waals surface area contributed by atoms with Crippen LogP contribution < -0.4 is 0 Å². The highest BCUT2D eigenvalue weighted by molar-refractivity contribution is 5.34. The second-order valence-corrected chi connectivity index (χ2v) is 7.66. The van der Waals surface area contributed by atoms with E-state index in [4.69, 9.17) is 19.6 Å². The molecule has 1 aliphatic heterocycles. The minimum atomic E-state index is -0.947. The molecule has 5 nitrogen and oxygen atoms in total. The van der Waals surface area contributed by atoms with Crippen LogP contribution in [0.5, 0.6) is 5.75 Å². The highest BCUT2D eigenvalue weighted by atomic mass is 17.3. The third kappa shape index (κ3) is 2.60. The number of aliphatic hydroxyl groups excluding tert-OH is 1. The van der Waals surface area contributed by atoms with E-state index in [0.29, 0.717) is 24.9 Å². The van der Waals surface area contributed by atoms with Crippen LogP contribution in [0.4, 0.5) is 0 Å². The lowest BCUT2D eigenvalue weighted by Crippen LogP contribution is -2.74. The number of ether oxygens (including phenoxy) is 1. The van der Waals surface area contributed by atoms with Gasteiger partial charge in [-0.3, -0.25) is 0 Å². The van der Waals surface area contributed by atoms with Gasteiger partial charge in [0.1, 0.15) is 5.75 Å². The maximum absolute atomic E-state index is 10.0. The van der Waals surface area contributed by atoms with Gasteiger partial charge in [-0.05, 0) is 62.5 Å². The molecule has 1 unspecified atom stereocenters. The molecule has 25 heavy (non-hydrogen) atoms. The minimum absolute atomic E-state index is 0.163. The highest BCUT2D eigenvalue weighted by Crippen LogP contribution is 2.64. The van der Waals surface area contributed by atoms with Gasteiger partial charge in [0.25, 0.3) is 5.79 Å². The van der Waals surface area contributed by atoms with E-state index in [0.717, 1.165) is 37.7 Å². The average molecular weight is 348 g/mol. The van der Waals surface area contributed by atoms with Gasteiger partial charge in [-0.2, -0.15) is 4.89 Å². The molecule has 0 amide bonds. The molecule has 1 spiro atoms. The number of unbranched alkanes of at least 4 members (excludes halogenated alkanes) is 1. The molecule has 2 bridgehead atoms. The molecule has 1 aromatic carbocycles. The lowest BCUT2D eigenvalue weighted by atomic mass is 9.56. The molecule has 1 aromatic rings. The minimum Gasteiger partial charge on any atom is -0.508 e. The monoisotopic (exact) mass is 348 g/mol. The van der Waals surface area contributed by atoms with E-state index in [1.54, 1.807) is 12.1 Å². The fourth-order valence-electron chi connectivity index (χ4n) is 5.22. The fraction of sp³-hybridized carbons (Fsp3) is 0.700. The van der Waals surface area contributed by atoms with Crippen LogP contribution in [0.25, 0.3) is 0 Å². The second kappa shape index (κ2) is 6.88. The Kier molecular flexibility index (Phi) is 4.75. The van der Waals surface area contributed by atoms with Gasteiger partial charge in [0.2, 0.25) is 0 Å². The first kappa shape index (κ1) is 17.3. The number of hydrogen-bond donors (Lipinski definition) is 2. The highest BCUT2D eigenvalue weighted by Gasteiger charge is 2.74. The Balaban J connectivity index is 1.70. The Morgan fingerprint density at radius 1 is 1.04 bits per heavy atom. The van der Waals surface area contributed by atoms with E-state index in [1.165, 1.54) is 12.8 Å². The first-order chi connectivity index (χ1) is 12.2. The van der Waals surface area contributed by atoms with E-state index in [2.05, 4.69) is 0 Å². The average Bonchev–Trinajstić information content (AvgIpc) is 2.60. The third-order valence-electron chi connectivity index (χ3n) is 6.32. The quantitative estimate of drug-likeness (QED) is 0.607. The van der Waals surface area contributed by atoms with Crippen molar-refractivity contribution in [2.75, 3.05) is 13.2 Å². The van der Waals surface area contributed by atoms with Crippen LogP contribution >= 0.6 is 0 Å². The van der Waals surface area contributed by atoms with Crippen molar-refractivity contribution in [1.82, 2.24) is 0 Å². The predicted molar refractivity (Wildman–Crippen MR) is 91.6 cm³/mol. The smallest absolute Gasteiger partial charge is 0.261 e. The lowest BCUT2D eigenvalue weighted by Gasteiger charge is -2.65. The normalized spacial score (nSPS) is 37.0. The molecule has 2 aliphatic carbocycles. The third-order valence-corrected chi connectivity index (χ3v) is 6.32. The van der Waals surface area contributed by atoms with E-state index in [-0.39, 0.29) is 12.4 Å². The van der Waals surface area contributed by atoms with Gasteiger partial charge in [0.15, 0.2) is 5.60 Å². The number of aliphatic hydroxyl groups is 1. The Bertz CT molecular complexity index is 582. The summed E-state index contributed by atoms with van der Waals surface area (Å²) in [5.41, 5.74) is 0.387. The Labute approximate surface area is 148 Å². The topological polar surface area (TPSA) is 68.2 Å². The standard InChI is InChI=1S/C20H28O5/c21-12-1-2-13-23-20(17-10-5-11-18(22)14-17)19(24-25-20)15-6-3-7-16(19)9-4-8-15/h5,10-11,14-16,21-22H,1-4,6-9,12-13H2. The second-order valence-electron chi connectivity index (χ2n) is 7.66. The van der Waals surface area contributed by atoms with Gasteiger partial charge in [0, 0.05) is 12.2 Å². The maximum atomic E-state index is 10.0.